The molecule has 26 heavy (non-hydrogen) atoms. The Morgan fingerprint density at radius 3 is 2.65 bits per heavy atom. The summed E-state index contributed by atoms with van der Waals surface area (Å²) in [5.74, 6) is -1.83. The maximum Gasteiger partial charge on any atom is 0.437 e. The first kappa shape index (κ1) is 18.4. The molecule has 9 heteroatoms. The maximum atomic E-state index is 12.8. The van der Waals surface area contributed by atoms with Crippen molar-refractivity contribution in [1.29, 1.82) is 0 Å². The third-order valence-electron chi connectivity index (χ3n) is 4.06. The molecule has 0 saturated carbocycles. The SMILES string of the molecule is Cc1nn(Cc2c(Cl)ccc(C(=O)C3=C(O)CCCC3=O)c2Cl)c(=O)o1. The normalized spacial score (nSPS) is 14.8. The number of Topliss-reactive ketones (excluding diaryl/α,β-unsaturated/α-hetero) is 2. The summed E-state index contributed by atoms with van der Waals surface area (Å²) in [6, 6.07) is 2.83. The molecule has 3 rings (SSSR count). The second kappa shape index (κ2) is 7.09. The number of ketones is 2. The van der Waals surface area contributed by atoms with E-state index in [0.29, 0.717) is 6.42 Å². The number of carbonyl (C=O) groups is 2. The molecular weight excluding hydrogens is 383 g/mol. The minimum Gasteiger partial charge on any atom is -0.511 e. The number of rotatable bonds is 4. The number of aliphatic hydroxyl groups is 1. The molecule has 1 aliphatic carbocycles. The highest BCUT2D eigenvalue weighted by atomic mass is 35.5. The van der Waals surface area contributed by atoms with Crippen LogP contribution in [0.4, 0.5) is 0 Å². The van der Waals surface area contributed by atoms with Crippen molar-refractivity contribution in [2.75, 3.05) is 0 Å². The Morgan fingerprint density at radius 1 is 1.31 bits per heavy atom. The lowest BCUT2D eigenvalue weighted by Crippen LogP contribution is -2.21. The number of benzene rings is 1. The Bertz CT molecular complexity index is 1000. The summed E-state index contributed by atoms with van der Waals surface area (Å²) in [7, 11) is 0. The number of hydrogen-bond donors (Lipinski definition) is 1. The predicted octanol–water partition coefficient (Wildman–Crippen LogP) is 3.25. The van der Waals surface area contributed by atoms with Gasteiger partial charge < -0.3 is 9.52 Å². The van der Waals surface area contributed by atoms with E-state index in [-0.39, 0.29) is 57.8 Å². The highest BCUT2D eigenvalue weighted by Crippen LogP contribution is 2.32. The minimum atomic E-state index is -0.686. The smallest absolute Gasteiger partial charge is 0.437 e. The molecule has 2 aromatic rings. The number of hydrogen-bond acceptors (Lipinski definition) is 6. The highest BCUT2D eigenvalue weighted by molar-refractivity contribution is 6.40. The Labute approximate surface area is 157 Å². The molecule has 136 valence electrons. The van der Waals surface area contributed by atoms with Crippen LogP contribution >= 0.6 is 23.2 Å². The van der Waals surface area contributed by atoms with Crippen LogP contribution in [-0.2, 0) is 11.3 Å². The second-order valence-corrected chi connectivity index (χ2v) is 6.64. The number of halogens is 2. The molecule has 7 nitrogen and oxygen atoms in total. The van der Waals surface area contributed by atoms with Crippen molar-refractivity contribution in [3.63, 3.8) is 0 Å². The van der Waals surface area contributed by atoms with Gasteiger partial charge in [-0.05, 0) is 18.6 Å². The van der Waals surface area contributed by atoms with Crippen molar-refractivity contribution in [2.45, 2.75) is 32.7 Å². The molecule has 1 aromatic carbocycles. The summed E-state index contributed by atoms with van der Waals surface area (Å²) in [5, 5.41) is 14.1. The molecular formula is C17H14Cl2N2O5. The van der Waals surface area contributed by atoms with Crippen molar-refractivity contribution in [3.05, 3.63) is 61.1 Å². The number of carbonyl (C=O) groups excluding carboxylic acids is 2. The van der Waals surface area contributed by atoms with Crippen LogP contribution in [0.3, 0.4) is 0 Å². The molecule has 0 bridgehead atoms. The van der Waals surface area contributed by atoms with Gasteiger partial charge in [0.25, 0.3) is 0 Å². The van der Waals surface area contributed by atoms with Gasteiger partial charge >= 0.3 is 5.76 Å². The topological polar surface area (TPSA) is 102 Å². The molecule has 0 spiro atoms. The Morgan fingerprint density at radius 2 is 2.04 bits per heavy atom. The van der Waals surface area contributed by atoms with Gasteiger partial charge in [-0.2, -0.15) is 4.68 Å². The lowest BCUT2D eigenvalue weighted by molar-refractivity contribution is -0.116. The monoisotopic (exact) mass is 396 g/mol. The van der Waals surface area contributed by atoms with Crippen molar-refractivity contribution in [1.82, 2.24) is 9.78 Å². The number of nitrogens with zero attached hydrogens (tertiary/aromatic N) is 2. The molecule has 0 aliphatic heterocycles. The van der Waals surface area contributed by atoms with Crippen LogP contribution in [0.25, 0.3) is 0 Å². The summed E-state index contributed by atoms with van der Waals surface area (Å²) < 4.78 is 5.85. The summed E-state index contributed by atoms with van der Waals surface area (Å²) in [4.78, 5) is 36.5. The van der Waals surface area contributed by atoms with E-state index in [0.717, 1.165) is 4.68 Å². The quantitative estimate of drug-likeness (QED) is 0.628. The van der Waals surface area contributed by atoms with E-state index in [4.69, 9.17) is 27.6 Å². The van der Waals surface area contributed by atoms with Gasteiger partial charge in [0, 0.05) is 35.9 Å². The average Bonchev–Trinajstić information content (AvgIpc) is 2.88. The molecule has 0 unspecified atom stereocenters. The maximum absolute atomic E-state index is 12.8. The molecule has 0 radical (unpaired) electrons. The number of allylic oxidation sites excluding steroid dienone is 2. The van der Waals surface area contributed by atoms with Gasteiger partial charge in [0.15, 0.2) is 5.78 Å². The number of aliphatic hydroxyl groups excluding tert-OH is 1. The van der Waals surface area contributed by atoms with Gasteiger partial charge in [0.1, 0.15) is 11.3 Å². The van der Waals surface area contributed by atoms with E-state index in [1.54, 1.807) is 0 Å². The summed E-state index contributed by atoms with van der Waals surface area (Å²) in [6.45, 7) is 1.42. The first-order valence-electron chi connectivity index (χ1n) is 7.81. The molecule has 1 N–H and O–H groups in total. The van der Waals surface area contributed by atoms with Crippen molar-refractivity contribution in [3.8, 4) is 0 Å². The van der Waals surface area contributed by atoms with Crippen molar-refractivity contribution < 1.29 is 19.1 Å². The van der Waals surface area contributed by atoms with E-state index < -0.39 is 17.3 Å². The number of aryl methyl sites for hydroxylation is 1. The van der Waals surface area contributed by atoms with E-state index in [1.165, 1.54) is 19.1 Å². The molecule has 1 aliphatic rings. The molecule has 0 fully saturated rings. The van der Waals surface area contributed by atoms with Crippen LogP contribution in [0.2, 0.25) is 10.0 Å². The zero-order valence-corrected chi connectivity index (χ0v) is 15.2. The standard InChI is InChI=1S/C17H14Cl2N2O5/c1-8-20-21(17(25)26-8)7-10-11(18)6-5-9(15(10)19)16(24)14-12(22)3-2-4-13(14)23/h5-6,22H,2-4,7H2,1H3. The Kier molecular flexibility index (Phi) is 5.02. The molecule has 0 amide bonds. The fourth-order valence-corrected chi connectivity index (χ4v) is 3.37. The first-order chi connectivity index (χ1) is 12.3. The van der Waals surface area contributed by atoms with E-state index in [2.05, 4.69) is 5.10 Å². The van der Waals surface area contributed by atoms with Gasteiger partial charge in [-0.25, -0.2) is 4.79 Å². The van der Waals surface area contributed by atoms with Crippen LogP contribution in [0.1, 0.15) is 41.1 Å². The molecule has 0 saturated heterocycles. The van der Waals surface area contributed by atoms with Crippen LogP contribution in [0, 0.1) is 6.92 Å². The van der Waals surface area contributed by atoms with E-state index in [1.807, 2.05) is 0 Å². The van der Waals surface area contributed by atoms with Crippen LogP contribution in [0.15, 0.2) is 32.7 Å². The molecule has 1 heterocycles. The third-order valence-corrected chi connectivity index (χ3v) is 4.84. The minimum absolute atomic E-state index is 0.00581. The second-order valence-electron chi connectivity index (χ2n) is 5.86. The van der Waals surface area contributed by atoms with Crippen LogP contribution in [0.5, 0.6) is 0 Å². The van der Waals surface area contributed by atoms with Crippen molar-refractivity contribution >= 4 is 34.8 Å². The zero-order chi connectivity index (χ0) is 19.0. The molecule has 1 aromatic heterocycles. The lowest BCUT2D eigenvalue weighted by Gasteiger charge is -2.16. The van der Waals surface area contributed by atoms with Gasteiger partial charge in [0.2, 0.25) is 11.7 Å². The zero-order valence-electron chi connectivity index (χ0n) is 13.7. The fourth-order valence-electron chi connectivity index (χ4n) is 2.80. The number of aromatic nitrogens is 2. The van der Waals surface area contributed by atoms with Gasteiger partial charge in [-0.3, -0.25) is 9.59 Å². The molecule has 0 atom stereocenters. The Balaban J connectivity index is 2.05. The van der Waals surface area contributed by atoms with Gasteiger partial charge in [-0.15, -0.1) is 5.10 Å². The third kappa shape index (κ3) is 3.32. The van der Waals surface area contributed by atoms with Crippen LogP contribution < -0.4 is 5.76 Å². The predicted molar refractivity (Wildman–Crippen MR) is 93.9 cm³/mol. The van der Waals surface area contributed by atoms with Crippen molar-refractivity contribution in [2.24, 2.45) is 0 Å². The fraction of sp³-hybridized carbons (Fsp3) is 0.294. The summed E-state index contributed by atoms with van der Waals surface area (Å²) in [6.07, 6.45) is 0.949. The lowest BCUT2D eigenvalue weighted by atomic mass is 9.90. The largest absolute Gasteiger partial charge is 0.511 e. The average molecular weight is 397 g/mol. The van der Waals surface area contributed by atoms with Gasteiger partial charge in [0.05, 0.1) is 11.6 Å². The van der Waals surface area contributed by atoms with Crippen LogP contribution in [-0.4, -0.2) is 26.5 Å². The van der Waals surface area contributed by atoms with Gasteiger partial charge in [-0.1, -0.05) is 23.2 Å². The van der Waals surface area contributed by atoms with E-state index in [9.17, 15) is 19.5 Å². The van der Waals surface area contributed by atoms with E-state index >= 15 is 0 Å². The first-order valence-corrected chi connectivity index (χ1v) is 8.56. The Hall–Kier alpha value is -2.38. The highest BCUT2D eigenvalue weighted by Gasteiger charge is 2.29. The summed E-state index contributed by atoms with van der Waals surface area (Å²) >= 11 is 12.5. The summed E-state index contributed by atoms with van der Waals surface area (Å²) in [5.41, 5.74) is 0.0648.